The molecule has 0 heterocycles. The van der Waals surface area contributed by atoms with E-state index in [1.165, 1.54) is 0 Å². The minimum Gasteiger partial charge on any atom is -0.726 e. The second kappa shape index (κ2) is 10.8. The maximum Gasteiger partial charge on any atom is 1.00 e. The third kappa shape index (κ3) is 19.0. The van der Waals surface area contributed by atoms with E-state index >= 15 is 0 Å². The Morgan fingerprint density at radius 3 is 2.07 bits per heavy atom. The molecular weight excluding hydrogens is 234 g/mol. The first-order chi connectivity index (χ1) is 5.42. The van der Waals surface area contributed by atoms with Crippen LogP contribution in [0.4, 0.5) is 0 Å². The van der Waals surface area contributed by atoms with E-state index in [9.17, 15) is 22.9 Å². The van der Waals surface area contributed by atoms with Crippen LogP contribution in [0.15, 0.2) is 0 Å². The summed E-state index contributed by atoms with van der Waals surface area (Å²) in [5.74, 6) is -1.21. The topological polar surface area (TPSA) is 107 Å². The molecule has 0 aliphatic heterocycles. The molecule has 0 radical (unpaired) electrons. The average Bonchev–Trinajstić information content (AvgIpc) is 1.83. The fourth-order valence-corrected chi connectivity index (χ4v) is 0.854. The van der Waals surface area contributed by atoms with Gasteiger partial charge in [-0.15, -0.1) is 0 Å². The van der Waals surface area contributed by atoms with Gasteiger partial charge in [0, 0.05) is 5.97 Å². The van der Waals surface area contributed by atoms with Crippen LogP contribution in [0.5, 0.6) is 0 Å². The van der Waals surface area contributed by atoms with Crippen molar-refractivity contribution >= 4 is 16.4 Å². The Bertz CT molecular complexity index is 239. The van der Waals surface area contributed by atoms with Crippen LogP contribution in [0.25, 0.3) is 0 Å². The van der Waals surface area contributed by atoms with Gasteiger partial charge in [0.2, 0.25) is 10.4 Å². The van der Waals surface area contributed by atoms with Gasteiger partial charge in [0.1, 0.15) is 0 Å². The third-order valence-corrected chi connectivity index (χ3v) is 1.46. The van der Waals surface area contributed by atoms with Gasteiger partial charge in [-0.05, 0) is 19.3 Å². The van der Waals surface area contributed by atoms with E-state index in [1.54, 1.807) is 0 Å². The van der Waals surface area contributed by atoms with Crippen molar-refractivity contribution in [3.05, 3.63) is 0 Å². The van der Waals surface area contributed by atoms with Crippen molar-refractivity contribution in [2.24, 2.45) is 0 Å². The molecule has 0 atom stereocenters. The van der Waals surface area contributed by atoms with Crippen molar-refractivity contribution in [1.29, 1.82) is 0 Å². The van der Waals surface area contributed by atoms with Gasteiger partial charge in [0.25, 0.3) is 0 Å². The van der Waals surface area contributed by atoms with Gasteiger partial charge < -0.3 is 14.5 Å². The Kier molecular flexibility index (Phi) is 16.0. The Balaban J connectivity index is -0.000000605. The predicted octanol–water partition coefficient (Wildman–Crippen LogP) is -7.61. The molecule has 0 saturated carbocycles. The molecule has 14 heavy (non-hydrogen) atoms. The number of hydrogen-bond donors (Lipinski definition) is 0. The average molecular weight is 242 g/mol. The van der Waals surface area contributed by atoms with Gasteiger partial charge in [0.05, 0.1) is 6.61 Å². The van der Waals surface area contributed by atoms with Gasteiger partial charge >= 0.3 is 59.1 Å². The first-order valence-corrected chi connectivity index (χ1v) is 4.55. The summed E-state index contributed by atoms with van der Waals surface area (Å²) >= 11 is 0. The van der Waals surface area contributed by atoms with Crippen molar-refractivity contribution < 1.29 is 86.2 Å². The number of rotatable bonds is 6. The number of carboxylic acids is 1. The van der Waals surface area contributed by atoms with E-state index in [1.807, 2.05) is 0 Å². The fourth-order valence-electron chi connectivity index (χ4n) is 0.532. The van der Waals surface area contributed by atoms with E-state index in [2.05, 4.69) is 4.18 Å². The van der Waals surface area contributed by atoms with Crippen LogP contribution in [-0.2, 0) is 19.4 Å². The van der Waals surface area contributed by atoms with E-state index in [-0.39, 0.29) is 85.0 Å². The zero-order valence-corrected chi connectivity index (χ0v) is 13.0. The summed E-state index contributed by atoms with van der Waals surface area (Å²) in [6, 6.07) is 0. The van der Waals surface area contributed by atoms with Crippen LogP contribution >= 0.6 is 0 Å². The largest absolute Gasteiger partial charge is 1.00 e. The molecule has 0 aliphatic rings. The second-order valence-corrected chi connectivity index (χ2v) is 3.11. The number of unbranched alkanes of at least 4 members (excludes halogenated alkanes) is 1. The zero-order chi connectivity index (χ0) is 9.61. The molecule has 0 rings (SSSR count). The van der Waals surface area contributed by atoms with E-state index in [0.29, 0.717) is 0 Å². The van der Waals surface area contributed by atoms with Crippen molar-refractivity contribution in [1.82, 2.24) is 0 Å². The number of carboxylic acid groups (broad SMARTS) is 1. The number of carbonyl (C=O) groups is 1. The smallest absolute Gasteiger partial charge is 0.726 e. The van der Waals surface area contributed by atoms with Gasteiger partial charge in [-0.3, -0.25) is 4.18 Å². The zero-order valence-electron chi connectivity index (χ0n) is 8.19. The van der Waals surface area contributed by atoms with Gasteiger partial charge in [-0.1, -0.05) is 0 Å². The van der Waals surface area contributed by atoms with Crippen molar-refractivity contribution in [3.63, 3.8) is 0 Å². The first-order valence-electron chi connectivity index (χ1n) is 3.22. The molecule has 0 N–H and O–H groups in total. The summed E-state index contributed by atoms with van der Waals surface area (Å²) in [5, 5.41) is 9.83. The second-order valence-electron chi connectivity index (χ2n) is 2.06. The minimum atomic E-state index is -4.64. The Hall–Kier alpha value is 1.34. The standard InChI is InChI=1S/C5H10O6S.2Na/c6-5(7)3-1-2-4-11-12(8,9)10;;/h1-4H2,(H,6,7)(H,8,9,10);;/q;2*+1/p-2. The van der Waals surface area contributed by atoms with E-state index < -0.39 is 16.4 Å². The molecule has 0 fully saturated rings. The molecular formula is C5H8Na2O6S. The number of carbonyl (C=O) groups excluding carboxylic acids is 1. The normalized spacial score (nSPS) is 9.79. The predicted molar refractivity (Wildman–Crippen MR) is 34.5 cm³/mol. The molecule has 0 spiro atoms. The summed E-state index contributed by atoms with van der Waals surface area (Å²) in [4.78, 5) is 9.83. The summed E-state index contributed by atoms with van der Waals surface area (Å²) in [6.45, 7) is -0.279. The molecule has 9 heteroatoms. The molecule has 0 saturated heterocycles. The van der Waals surface area contributed by atoms with Crippen LogP contribution in [0.1, 0.15) is 19.3 Å². The van der Waals surface area contributed by atoms with Crippen molar-refractivity contribution in [3.8, 4) is 0 Å². The molecule has 72 valence electrons. The molecule has 0 aromatic heterocycles. The summed E-state index contributed by atoms with van der Waals surface area (Å²) in [6.07, 6.45) is 0.273. The van der Waals surface area contributed by atoms with E-state index in [4.69, 9.17) is 0 Å². The van der Waals surface area contributed by atoms with Crippen LogP contribution in [-0.4, -0.2) is 25.5 Å². The maximum absolute atomic E-state index is 9.83. The molecule has 0 bridgehead atoms. The quantitative estimate of drug-likeness (QED) is 0.198. The van der Waals surface area contributed by atoms with E-state index in [0.717, 1.165) is 0 Å². The fraction of sp³-hybridized carbons (Fsp3) is 0.800. The van der Waals surface area contributed by atoms with Gasteiger partial charge in [-0.2, -0.15) is 0 Å². The number of aliphatic carboxylic acids is 1. The molecule has 0 aromatic carbocycles. The molecule has 0 aromatic rings. The summed E-state index contributed by atoms with van der Waals surface area (Å²) in [7, 11) is -4.64. The molecule has 0 unspecified atom stereocenters. The van der Waals surface area contributed by atoms with Crippen LogP contribution < -0.4 is 64.2 Å². The molecule has 0 aliphatic carbocycles. The Labute approximate surface area is 127 Å². The summed E-state index contributed by atoms with van der Waals surface area (Å²) in [5.41, 5.74) is 0. The molecule has 0 amide bonds. The Morgan fingerprint density at radius 2 is 1.71 bits per heavy atom. The monoisotopic (exact) mass is 242 g/mol. The minimum absolute atomic E-state index is 0. The van der Waals surface area contributed by atoms with Crippen LogP contribution in [0, 0.1) is 0 Å². The van der Waals surface area contributed by atoms with Crippen LogP contribution in [0.3, 0.4) is 0 Å². The maximum atomic E-state index is 9.83. The SMILES string of the molecule is O=C([O-])CCCCOS(=O)(=O)[O-].[Na+].[Na+]. The van der Waals surface area contributed by atoms with Crippen LogP contribution in [0.2, 0.25) is 0 Å². The Morgan fingerprint density at radius 1 is 1.21 bits per heavy atom. The molecule has 6 nitrogen and oxygen atoms in total. The van der Waals surface area contributed by atoms with Gasteiger partial charge in [-0.25, -0.2) is 8.42 Å². The van der Waals surface area contributed by atoms with Gasteiger partial charge in [0.15, 0.2) is 0 Å². The van der Waals surface area contributed by atoms with Crippen molar-refractivity contribution in [2.45, 2.75) is 19.3 Å². The summed E-state index contributed by atoms with van der Waals surface area (Å²) < 4.78 is 33.3. The first kappa shape index (κ1) is 20.7. The number of hydrogen-bond acceptors (Lipinski definition) is 6. The van der Waals surface area contributed by atoms with Crippen molar-refractivity contribution in [2.75, 3.05) is 6.61 Å². The third-order valence-electron chi connectivity index (χ3n) is 1.00.